The molecular weight excluding hydrogens is 264 g/mol. The Morgan fingerprint density at radius 3 is 3.12 bits per heavy atom. The van der Waals surface area contributed by atoms with E-state index in [2.05, 4.69) is 9.97 Å². The highest BCUT2D eigenvalue weighted by Crippen LogP contribution is 2.30. The lowest BCUT2D eigenvalue weighted by Gasteiger charge is -2.07. The van der Waals surface area contributed by atoms with E-state index in [1.165, 1.54) is 0 Å². The third-order valence-electron chi connectivity index (χ3n) is 2.08. The van der Waals surface area contributed by atoms with Crippen LogP contribution in [0.4, 0.5) is 0 Å². The summed E-state index contributed by atoms with van der Waals surface area (Å²) >= 11 is 9.02. The van der Waals surface area contributed by atoms with E-state index in [9.17, 15) is 0 Å². The van der Waals surface area contributed by atoms with Crippen LogP contribution >= 0.6 is 34.7 Å². The summed E-state index contributed by atoms with van der Waals surface area (Å²) in [7, 11) is 0. The van der Waals surface area contributed by atoms with Crippen LogP contribution in [0.3, 0.4) is 0 Å². The molecule has 1 unspecified atom stereocenters. The lowest BCUT2D eigenvalue weighted by Crippen LogP contribution is -2.03. The first-order chi connectivity index (χ1) is 7.70. The predicted octanol–water partition coefficient (Wildman–Crippen LogP) is 3.07. The topological polar surface area (TPSA) is 46.0 Å². The lowest BCUT2D eigenvalue weighted by molar-refractivity contribution is 0.250. The van der Waals surface area contributed by atoms with Gasteiger partial charge in [0.05, 0.1) is 0 Å². The average Bonchev–Trinajstić information content (AvgIpc) is 2.73. The molecule has 0 bridgehead atoms. The van der Waals surface area contributed by atoms with E-state index in [0.29, 0.717) is 0 Å². The summed E-state index contributed by atoms with van der Waals surface area (Å²) in [6.07, 6.45) is 0. The molecule has 2 aromatic rings. The Hall–Kier alpha value is -0.360. The SMILES string of the molecule is CC(CO)CSc1nc(Cl)nc2sccc12. The Kier molecular flexibility index (Phi) is 4.02. The van der Waals surface area contributed by atoms with Crippen molar-refractivity contribution in [2.45, 2.75) is 11.9 Å². The molecule has 2 heterocycles. The maximum Gasteiger partial charge on any atom is 0.224 e. The standard InChI is InChI=1S/C10H11ClN2OS2/c1-6(4-14)5-16-9-7-2-3-15-8(7)12-10(11)13-9/h2-3,6,14H,4-5H2,1H3. The molecular formula is C10H11ClN2OS2. The molecule has 6 heteroatoms. The smallest absolute Gasteiger partial charge is 0.224 e. The minimum Gasteiger partial charge on any atom is -0.396 e. The van der Waals surface area contributed by atoms with E-state index in [1.807, 2.05) is 18.4 Å². The summed E-state index contributed by atoms with van der Waals surface area (Å²) in [6.45, 7) is 2.19. The van der Waals surface area contributed by atoms with Gasteiger partial charge in [-0.2, -0.15) is 0 Å². The summed E-state index contributed by atoms with van der Waals surface area (Å²) in [6, 6.07) is 2.00. The Bertz CT molecular complexity index is 489. The molecule has 16 heavy (non-hydrogen) atoms. The summed E-state index contributed by atoms with van der Waals surface area (Å²) in [5.41, 5.74) is 0. The maximum atomic E-state index is 8.97. The van der Waals surface area contributed by atoms with Crippen LogP contribution in [0.25, 0.3) is 10.2 Å². The highest BCUT2D eigenvalue weighted by Gasteiger charge is 2.10. The Labute approximate surface area is 107 Å². The third kappa shape index (κ3) is 2.66. The lowest BCUT2D eigenvalue weighted by atomic mass is 10.2. The van der Waals surface area contributed by atoms with Crippen LogP contribution in [-0.2, 0) is 0 Å². The molecule has 0 aliphatic rings. The van der Waals surface area contributed by atoms with Crippen LogP contribution < -0.4 is 0 Å². The van der Waals surface area contributed by atoms with Crippen LogP contribution in [0.5, 0.6) is 0 Å². The molecule has 0 aromatic carbocycles. The zero-order valence-corrected chi connectivity index (χ0v) is 11.1. The van der Waals surface area contributed by atoms with Gasteiger partial charge in [-0.1, -0.05) is 6.92 Å². The molecule has 2 aromatic heterocycles. The van der Waals surface area contributed by atoms with E-state index in [4.69, 9.17) is 16.7 Å². The van der Waals surface area contributed by atoms with Gasteiger partial charge in [-0.15, -0.1) is 23.1 Å². The van der Waals surface area contributed by atoms with Crippen molar-refractivity contribution in [2.75, 3.05) is 12.4 Å². The number of thioether (sulfide) groups is 1. The van der Waals surface area contributed by atoms with Crippen molar-refractivity contribution in [3.05, 3.63) is 16.7 Å². The Morgan fingerprint density at radius 1 is 1.56 bits per heavy atom. The van der Waals surface area contributed by atoms with Gasteiger partial charge >= 0.3 is 0 Å². The number of fused-ring (bicyclic) bond motifs is 1. The number of aliphatic hydroxyl groups excluding tert-OH is 1. The molecule has 0 aliphatic carbocycles. The molecule has 2 rings (SSSR count). The normalized spacial score (nSPS) is 13.2. The Balaban J connectivity index is 2.25. The summed E-state index contributed by atoms with van der Waals surface area (Å²) in [5.74, 6) is 1.09. The van der Waals surface area contributed by atoms with Crippen molar-refractivity contribution >= 4 is 44.9 Å². The number of rotatable bonds is 4. The van der Waals surface area contributed by atoms with Crippen LogP contribution in [0.15, 0.2) is 16.5 Å². The van der Waals surface area contributed by atoms with Gasteiger partial charge in [0.2, 0.25) is 5.28 Å². The number of aromatic nitrogens is 2. The third-order valence-corrected chi connectivity index (χ3v) is 4.38. The van der Waals surface area contributed by atoms with Gasteiger partial charge in [-0.25, -0.2) is 9.97 Å². The van der Waals surface area contributed by atoms with Crippen LogP contribution in [0.2, 0.25) is 5.28 Å². The number of halogens is 1. The van der Waals surface area contributed by atoms with Gasteiger partial charge in [0.15, 0.2) is 0 Å². The molecule has 0 spiro atoms. The van der Waals surface area contributed by atoms with Crippen molar-refractivity contribution in [3.8, 4) is 0 Å². The van der Waals surface area contributed by atoms with Crippen molar-refractivity contribution in [1.82, 2.24) is 9.97 Å². The van der Waals surface area contributed by atoms with Gasteiger partial charge in [-0.05, 0) is 29.0 Å². The molecule has 86 valence electrons. The quantitative estimate of drug-likeness (QED) is 0.529. The van der Waals surface area contributed by atoms with Crippen LogP contribution in [0, 0.1) is 5.92 Å². The fraction of sp³-hybridized carbons (Fsp3) is 0.400. The molecule has 0 aliphatic heterocycles. The molecule has 0 amide bonds. The molecule has 1 N–H and O–H groups in total. The summed E-state index contributed by atoms with van der Waals surface area (Å²) in [5, 5.41) is 13.2. The first kappa shape index (κ1) is 12.1. The minimum absolute atomic E-state index is 0.193. The number of thiophene rings is 1. The number of hydrogen-bond donors (Lipinski definition) is 1. The largest absolute Gasteiger partial charge is 0.396 e. The van der Waals surface area contributed by atoms with E-state index in [0.717, 1.165) is 21.0 Å². The monoisotopic (exact) mass is 274 g/mol. The van der Waals surface area contributed by atoms with E-state index < -0.39 is 0 Å². The highest BCUT2D eigenvalue weighted by molar-refractivity contribution is 7.99. The number of nitrogens with zero attached hydrogens (tertiary/aromatic N) is 2. The molecule has 0 saturated heterocycles. The fourth-order valence-electron chi connectivity index (χ4n) is 1.19. The minimum atomic E-state index is 0.193. The van der Waals surface area contributed by atoms with Crippen molar-refractivity contribution in [3.63, 3.8) is 0 Å². The predicted molar refractivity (Wildman–Crippen MR) is 69.4 cm³/mol. The summed E-state index contributed by atoms with van der Waals surface area (Å²) < 4.78 is 0. The molecule has 1 atom stereocenters. The molecule has 3 nitrogen and oxygen atoms in total. The number of hydrogen-bond acceptors (Lipinski definition) is 5. The second-order valence-corrected chi connectivity index (χ2v) is 5.78. The zero-order chi connectivity index (χ0) is 11.5. The number of aliphatic hydroxyl groups is 1. The second kappa shape index (κ2) is 5.31. The van der Waals surface area contributed by atoms with Gasteiger partial charge < -0.3 is 5.11 Å². The van der Waals surface area contributed by atoms with Gasteiger partial charge in [0.1, 0.15) is 9.86 Å². The van der Waals surface area contributed by atoms with Crippen molar-refractivity contribution in [2.24, 2.45) is 5.92 Å². The van der Waals surface area contributed by atoms with E-state index in [1.54, 1.807) is 23.1 Å². The van der Waals surface area contributed by atoms with E-state index >= 15 is 0 Å². The first-order valence-corrected chi connectivity index (χ1v) is 7.09. The second-order valence-electron chi connectivity index (χ2n) is 3.54. The van der Waals surface area contributed by atoms with Crippen LogP contribution in [0.1, 0.15) is 6.92 Å². The molecule has 0 saturated carbocycles. The maximum absolute atomic E-state index is 8.97. The van der Waals surface area contributed by atoms with Gasteiger partial charge in [0, 0.05) is 17.7 Å². The van der Waals surface area contributed by atoms with Crippen molar-refractivity contribution in [1.29, 1.82) is 0 Å². The fourth-order valence-corrected chi connectivity index (χ4v) is 3.30. The van der Waals surface area contributed by atoms with Gasteiger partial charge in [0.25, 0.3) is 0 Å². The molecule has 0 radical (unpaired) electrons. The first-order valence-electron chi connectivity index (χ1n) is 4.85. The Morgan fingerprint density at radius 2 is 2.38 bits per heavy atom. The zero-order valence-electron chi connectivity index (χ0n) is 8.68. The van der Waals surface area contributed by atoms with Crippen molar-refractivity contribution < 1.29 is 5.11 Å². The van der Waals surface area contributed by atoms with E-state index in [-0.39, 0.29) is 17.8 Å². The molecule has 0 fully saturated rings. The average molecular weight is 275 g/mol. The van der Waals surface area contributed by atoms with Gasteiger partial charge in [-0.3, -0.25) is 0 Å². The van der Waals surface area contributed by atoms with Crippen LogP contribution in [-0.4, -0.2) is 27.4 Å². The summed E-state index contributed by atoms with van der Waals surface area (Å²) in [4.78, 5) is 9.29. The highest BCUT2D eigenvalue weighted by atomic mass is 35.5.